The Morgan fingerprint density at radius 3 is 2.85 bits per heavy atom. The summed E-state index contributed by atoms with van der Waals surface area (Å²) in [4.78, 5) is 7.91. The van der Waals surface area contributed by atoms with Gasteiger partial charge in [-0.2, -0.15) is 4.98 Å². The molecule has 0 aliphatic carbocycles. The average molecular weight is 182 g/mol. The van der Waals surface area contributed by atoms with Crippen molar-refractivity contribution in [2.24, 2.45) is 0 Å². The topological polar surface area (TPSA) is 84.1 Å². The van der Waals surface area contributed by atoms with Gasteiger partial charge < -0.3 is 16.2 Å². The molecule has 1 aromatic rings. The molecule has 0 fully saturated rings. The molecular formula is C8H14N4O. The Kier molecular flexibility index (Phi) is 2.67. The molecule has 72 valence electrons. The van der Waals surface area contributed by atoms with E-state index in [-0.39, 0.29) is 6.61 Å². The molecule has 0 atom stereocenters. The van der Waals surface area contributed by atoms with Gasteiger partial charge in [0.25, 0.3) is 0 Å². The molecule has 0 spiro atoms. The van der Waals surface area contributed by atoms with E-state index in [0.29, 0.717) is 11.8 Å². The Morgan fingerprint density at radius 2 is 2.31 bits per heavy atom. The third-order valence-electron chi connectivity index (χ3n) is 1.52. The van der Waals surface area contributed by atoms with E-state index in [0.717, 1.165) is 0 Å². The van der Waals surface area contributed by atoms with Crippen molar-refractivity contribution < 1.29 is 5.11 Å². The summed E-state index contributed by atoms with van der Waals surface area (Å²) in [7, 11) is 0. The third kappa shape index (κ3) is 2.87. The Morgan fingerprint density at radius 1 is 1.62 bits per heavy atom. The first-order valence-corrected chi connectivity index (χ1v) is 4.01. The average Bonchev–Trinajstić information content (AvgIpc) is 2.03. The van der Waals surface area contributed by atoms with Crippen LogP contribution in [0.4, 0.5) is 11.8 Å². The van der Waals surface area contributed by atoms with Crippen LogP contribution >= 0.6 is 0 Å². The maximum absolute atomic E-state index is 8.98. The van der Waals surface area contributed by atoms with Crippen molar-refractivity contribution in [2.75, 3.05) is 17.7 Å². The fourth-order valence-electron chi connectivity index (χ4n) is 0.775. The molecule has 0 aromatic carbocycles. The number of anilines is 2. The van der Waals surface area contributed by atoms with Gasteiger partial charge in [-0.25, -0.2) is 4.98 Å². The van der Waals surface area contributed by atoms with E-state index in [1.54, 1.807) is 12.3 Å². The molecule has 5 heteroatoms. The van der Waals surface area contributed by atoms with Gasteiger partial charge in [0.15, 0.2) is 0 Å². The van der Waals surface area contributed by atoms with E-state index < -0.39 is 5.54 Å². The van der Waals surface area contributed by atoms with Gasteiger partial charge in [0.1, 0.15) is 5.82 Å². The fraction of sp³-hybridized carbons (Fsp3) is 0.500. The molecule has 0 amide bonds. The molecular weight excluding hydrogens is 168 g/mol. The van der Waals surface area contributed by atoms with Crippen LogP contribution in [0.25, 0.3) is 0 Å². The van der Waals surface area contributed by atoms with E-state index in [4.69, 9.17) is 10.8 Å². The number of nitrogen functional groups attached to an aromatic ring is 1. The maximum atomic E-state index is 8.98. The van der Waals surface area contributed by atoms with Gasteiger partial charge in [0.05, 0.1) is 12.1 Å². The van der Waals surface area contributed by atoms with Crippen molar-refractivity contribution in [3.8, 4) is 0 Å². The standard InChI is InChI=1S/C8H14N4O/c1-8(2,5-13)12-7-10-4-3-6(9)11-7/h3-4,13H,5H2,1-2H3,(H3,9,10,11,12). The molecule has 0 bridgehead atoms. The van der Waals surface area contributed by atoms with Gasteiger partial charge in [-0.1, -0.05) is 0 Å². The van der Waals surface area contributed by atoms with Crippen molar-refractivity contribution >= 4 is 11.8 Å². The highest BCUT2D eigenvalue weighted by molar-refractivity contribution is 5.36. The lowest BCUT2D eigenvalue weighted by Crippen LogP contribution is -2.35. The van der Waals surface area contributed by atoms with Gasteiger partial charge in [0.2, 0.25) is 5.95 Å². The van der Waals surface area contributed by atoms with Gasteiger partial charge in [0, 0.05) is 6.20 Å². The Labute approximate surface area is 77.0 Å². The maximum Gasteiger partial charge on any atom is 0.225 e. The summed E-state index contributed by atoms with van der Waals surface area (Å²) in [5, 5.41) is 11.9. The Balaban J connectivity index is 2.74. The Bertz CT molecular complexity index is 287. The fourth-order valence-corrected chi connectivity index (χ4v) is 0.775. The second-order valence-electron chi connectivity index (χ2n) is 3.47. The highest BCUT2D eigenvalue weighted by Gasteiger charge is 2.16. The van der Waals surface area contributed by atoms with Crippen LogP contribution < -0.4 is 11.1 Å². The number of aliphatic hydroxyl groups excluding tert-OH is 1. The number of hydrogen-bond acceptors (Lipinski definition) is 5. The number of aliphatic hydroxyl groups is 1. The molecule has 0 saturated carbocycles. The predicted octanol–water partition coefficient (Wildman–Crippen LogP) is 0.242. The minimum atomic E-state index is -0.437. The molecule has 0 aliphatic heterocycles. The second-order valence-corrected chi connectivity index (χ2v) is 3.47. The van der Waals surface area contributed by atoms with Crippen molar-refractivity contribution in [3.05, 3.63) is 12.3 Å². The summed E-state index contributed by atoms with van der Waals surface area (Å²) >= 11 is 0. The molecule has 0 unspecified atom stereocenters. The van der Waals surface area contributed by atoms with Crippen LogP contribution in [-0.4, -0.2) is 27.2 Å². The zero-order valence-electron chi connectivity index (χ0n) is 7.78. The monoisotopic (exact) mass is 182 g/mol. The van der Waals surface area contributed by atoms with Crippen LogP contribution in [0.1, 0.15) is 13.8 Å². The molecule has 1 heterocycles. The van der Waals surface area contributed by atoms with Crippen LogP contribution in [-0.2, 0) is 0 Å². The predicted molar refractivity (Wildman–Crippen MR) is 51.2 cm³/mol. The molecule has 1 rings (SSSR count). The molecule has 0 radical (unpaired) electrons. The molecule has 4 N–H and O–H groups in total. The van der Waals surface area contributed by atoms with Crippen molar-refractivity contribution in [1.82, 2.24) is 9.97 Å². The molecule has 0 aliphatic rings. The summed E-state index contributed by atoms with van der Waals surface area (Å²) in [6.07, 6.45) is 1.57. The van der Waals surface area contributed by atoms with E-state index in [1.807, 2.05) is 13.8 Å². The summed E-state index contributed by atoms with van der Waals surface area (Å²) in [5.41, 5.74) is 5.03. The van der Waals surface area contributed by atoms with Crippen LogP contribution in [0.3, 0.4) is 0 Å². The number of hydrogen-bond donors (Lipinski definition) is 3. The van der Waals surface area contributed by atoms with Crippen LogP contribution in [0, 0.1) is 0 Å². The minimum Gasteiger partial charge on any atom is -0.394 e. The van der Waals surface area contributed by atoms with E-state index in [1.165, 1.54) is 0 Å². The second kappa shape index (κ2) is 3.57. The lowest BCUT2D eigenvalue weighted by Gasteiger charge is -2.23. The molecule has 0 saturated heterocycles. The third-order valence-corrected chi connectivity index (χ3v) is 1.52. The van der Waals surface area contributed by atoms with Crippen LogP contribution in [0.2, 0.25) is 0 Å². The lowest BCUT2D eigenvalue weighted by atomic mass is 10.1. The smallest absolute Gasteiger partial charge is 0.225 e. The van der Waals surface area contributed by atoms with E-state index in [9.17, 15) is 0 Å². The SMILES string of the molecule is CC(C)(CO)Nc1nccc(N)n1. The number of nitrogens with one attached hydrogen (secondary N) is 1. The molecule has 1 aromatic heterocycles. The van der Waals surface area contributed by atoms with Crippen LogP contribution in [0.15, 0.2) is 12.3 Å². The highest BCUT2D eigenvalue weighted by atomic mass is 16.3. The number of nitrogens with two attached hydrogens (primary N) is 1. The van der Waals surface area contributed by atoms with Crippen LogP contribution in [0.5, 0.6) is 0 Å². The highest BCUT2D eigenvalue weighted by Crippen LogP contribution is 2.10. The van der Waals surface area contributed by atoms with Gasteiger partial charge in [-0.05, 0) is 19.9 Å². The van der Waals surface area contributed by atoms with Gasteiger partial charge in [-0.3, -0.25) is 0 Å². The van der Waals surface area contributed by atoms with E-state index >= 15 is 0 Å². The minimum absolute atomic E-state index is 0.00512. The number of aromatic nitrogens is 2. The summed E-state index contributed by atoms with van der Waals surface area (Å²) in [5.74, 6) is 0.838. The number of nitrogens with zero attached hydrogens (tertiary/aromatic N) is 2. The number of rotatable bonds is 3. The summed E-state index contributed by atoms with van der Waals surface area (Å²) in [6, 6.07) is 1.61. The first kappa shape index (κ1) is 9.73. The van der Waals surface area contributed by atoms with E-state index in [2.05, 4.69) is 15.3 Å². The van der Waals surface area contributed by atoms with Gasteiger partial charge in [-0.15, -0.1) is 0 Å². The Hall–Kier alpha value is -1.36. The quantitative estimate of drug-likeness (QED) is 0.623. The van der Waals surface area contributed by atoms with Crippen molar-refractivity contribution in [3.63, 3.8) is 0 Å². The van der Waals surface area contributed by atoms with Crippen molar-refractivity contribution in [1.29, 1.82) is 0 Å². The van der Waals surface area contributed by atoms with Crippen molar-refractivity contribution in [2.45, 2.75) is 19.4 Å². The zero-order chi connectivity index (χ0) is 9.90. The normalized spacial score (nSPS) is 11.3. The van der Waals surface area contributed by atoms with Gasteiger partial charge >= 0.3 is 0 Å². The lowest BCUT2D eigenvalue weighted by molar-refractivity contribution is 0.233. The first-order valence-electron chi connectivity index (χ1n) is 4.01. The molecule has 13 heavy (non-hydrogen) atoms. The first-order chi connectivity index (χ1) is 6.03. The zero-order valence-corrected chi connectivity index (χ0v) is 7.78. The summed E-state index contributed by atoms with van der Waals surface area (Å²) < 4.78 is 0. The largest absolute Gasteiger partial charge is 0.394 e. The summed E-state index contributed by atoms with van der Waals surface area (Å²) in [6.45, 7) is 3.70. The molecule has 5 nitrogen and oxygen atoms in total.